The molecular weight excluding hydrogens is 252 g/mol. The lowest BCUT2D eigenvalue weighted by atomic mass is 10.2. The summed E-state index contributed by atoms with van der Waals surface area (Å²) in [6.45, 7) is 2.69. The van der Waals surface area contributed by atoms with E-state index >= 15 is 0 Å². The van der Waals surface area contributed by atoms with Crippen LogP contribution in [0.25, 0.3) is 0 Å². The molecule has 0 fully saturated rings. The summed E-state index contributed by atoms with van der Waals surface area (Å²) in [5.74, 6) is -0.0496. The number of pyridine rings is 1. The molecule has 0 aliphatic carbocycles. The molecule has 4 nitrogen and oxygen atoms in total. The Morgan fingerprint density at radius 2 is 2.11 bits per heavy atom. The lowest BCUT2D eigenvalue weighted by Gasteiger charge is -2.17. The standard InChI is InChI=1S/C13H19ClN2O2/c1-10-8-11(9-12(14)15-10)13(18)16(2)6-4-3-5-7-17/h8-9,17H,3-7H2,1-2H3. The van der Waals surface area contributed by atoms with Crippen molar-refractivity contribution >= 4 is 17.5 Å². The van der Waals surface area contributed by atoms with Crippen LogP contribution in [0.2, 0.25) is 5.15 Å². The number of aromatic nitrogens is 1. The van der Waals surface area contributed by atoms with Crippen LogP contribution in [0.3, 0.4) is 0 Å². The van der Waals surface area contributed by atoms with E-state index in [1.165, 1.54) is 0 Å². The SMILES string of the molecule is Cc1cc(C(=O)N(C)CCCCCO)cc(Cl)n1. The van der Waals surface area contributed by atoms with Gasteiger partial charge in [0.15, 0.2) is 0 Å². The Hall–Kier alpha value is -1.13. The first-order chi connectivity index (χ1) is 8.54. The van der Waals surface area contributed by atoms with Crippen LogP contribution >= 0.6 is 11.6 Å². The van der Waals surface area contributed by atoms with Crippen molar-refractivity contribution in [1.29, 1.82) is 0 Å². The van der Waals surface area contributed by atoms with Gasteiger partial charge in [-0.2, -0.15) is 0 Å². The van der Waals surface area contributed by atoms with E-state index in [9.17, 15) is 4.79 Å². The van der Waals surface area contributed by atoms with Crippen molar-refractivity contribution in [2.45, 2.75) is 26.2 Å². The van der Waals surface area contributed by atoms with E-state index < -0.39 is 0 Å². The van der Waals surface area contributed by atoms with Gasteiger partial charge in [-0.25, -0.2) is 4.98 Å². The molecule has 1 heterocycles. The molecule has 0 aliphatic heterocycles. The molecule has 0 saturated heterocycles. The Balaban J connectivity index is 2.57. The molecule has 0 unspecified atom stereocenters. The summed E-state index contributed by atoms with van der Waals surface area (Å²) in [5, 5.41) is 9.02. The summed E-state index contributed by atoms with van der Waals surface area (Å²) in [5.41, 5.74) is 1.30. The molecule has 1 rings (SSSR count). The summed E-state index contributed by atoms with van der Waals surface area (Å²) < 4.78 is 0. The molecule has 0 bridgehead atoms. The highest BCUT2D eigenvalue weighted by Gasteiger charge is 2.12. The maximum Gasteiger partial charge on any atom is 0.253 e. The zero-order valence-electron chi connectivity index (χ0n) is 10.8. The van der Waals surface area contributed by atoms with Crippen molar-refractivity contribution in [2.24, 2.45) is 0 Å². The van der Waals surface area contributed by atoms with Gasteiger partial charge in [-0.3, -0.25) is 4.79 Å². The summed E-state index contributed by atoms with van der Waals surface area (Å²) in [6.07, 6.45) is 2.59. The number of aliphatic hydroxyl groups excluding tert-OH is 1. The molecule has 0 aromatic carbocycles. The molecule has 0 spiro atoms. The Morgan fingerprint density at radius 1 is 1.39 bits per heavy atom. The van der Waals surface area contributed by atoms with Crippen LogP contribution in [0.15, 0.2) is 12.1 Å². The first-order valence-corrected chi connectivity index (χ1v) is 6.43. The summed E-state index contributed by atoms with van der Waals surface area (Å²) in [4.78, 5) is 17.8. The molecular formula is C13H19ClN2O2. The second-order valence-corrected chi connectivity index (χ2v) is 4.72. The highest BCUT2D eigenvalue weighted by Crippen LogP contribution is 2.12. The van der Waals surface area contributed by atoms with Gasteiger partial charge >= 0.3 is 0 Å². The van der Waals surface area contributed by atoms with Crippen molar-refractivity contribution in [1.82, 2.24) is 9.88 Å². The predicted octanol–water partition coefficient (Wildman–Crippen LogP) is 2.28. The van der Waals surface area contributed by atoms with Gasteiger partial charge in [0.2, 0.25) is 0 Å². The van der Waals surface area contributed by atoms with E-state index in [0.717, 1.165) is 25.0 Å². The van der Waals surface area contributed by atoms with Gasteiger partial charge in [0.1, 0.15) is 5.15 Å². The topological polar surface area (TPSA) is 53.4 Å². The number of aliphatic hydroxyl groups is 1. The van der Waals surface area contributed by atoms with E-state index in [1.54, 1.807) is 24.1 Å². The summed E-state index contributed by atoms with van der Waals surface area (Å²) in [7, 11) is 1.77. The van der Waals surface area contributed by atoms with Crippen LogP contribution in [0.1, 0.15) is 35.3 Å². The van der Waals surface area contributed by atoms with Crippen LogP contribution in [-0.4, -0.2) is 41.1 Å². The minimum Gasteiger partial charge on any atom is -0.396 e. The van der Waals surface area contributed by atoms with Crippen molar-refractivity contribution in [3.8, 4) is 0 Å². The first-order valence-electron chi connectivity index (χ1n) is 6.05. The van der Waals surface area contributed by atoms with Crippen LogP contribution in [0, 0.1) is 6.92 Å². The number of amides is 1. The molecule has 0 aliphatic rings. The summed E-state index contributed by atoms with van der Waals surface area (Å²) in [6, 6.07) is 3.32. The minimum absolute atomic E-state index is 0.0496. The highest BCUT2D eigenvalue weighted by molar-refractivity contribution is 6.29. The molecule has 18 heavy (non-hydrogen) atoms. The van der Waals surface area contributed by atoms with Gasteiger partial charge in [-0.05, 0) is 38.3 Å². The average Bonchev–Trinajstić information content (AvgIpc) is 2.32. The van der Waals surface area contributed by atoms with Gasteiger partial charge in [0.05, 0.1) is 0 Å². The maximum atomic E-state index is 12.1. The number of unbranched alkanes of at least 4 members (excludes halogenated alkanes) is 2. The second kappa shape index (κ2) is 7.34. The Morgan fingerprint density at radius 3 is 2.72 bits per heavy atom. The molecule has 0 radical (unpaired) electrons. The minimum atomic E-state index is -0.0496. The Labute approximate surface area is 113 Å². The third kappa shape index (κ3) is 4.63. The second-order valence-electron chi connectivity index (χ2n) is 4.33. The largest absolute Gasteiger partial charge is 0.396 e. The first kappa shape index (κ1) is 14.9. The third-order valence-corrected chi connectivity index (χ3v) is 2.86. The number of halogens is 1. The number of rotatable bonds is 6. The van der Waals surface area contributed by atoms with E-state index in [4.69, 9.17) is 16.7 Å². The number of carbonyl (C=O) groups is 1. The molecule has 1 amide bonds. The fourth-order valence-corrected chi connectivity index (χ4v) is 1.96. The van der Waals surface area contributed by atoms with E-state index in [2.05, 4.69) is 4.98 Å². The van der Waals surface area contributed by atoms with Crippen molar-refractivity contribution in [3.63, 3.8) is 0 Å². The Bertz CT molecular complexity index is 390. The van der Waals surface area contributed by atoms with E-state index in [1.807, 2.05) is 6.92 Å². The average molecular weight is 271 g/mol. The molecule has 1 aromatic heterocycles. The fraction of sp³-hybridized carbons (Fsp3) is 0.538. The van der Waals surface area contributed by atoms with Crippen molar-refractivity contribution in [2.75, 3.05) is 20.2 Å². The zero-order valence-corrected chi connectivity index (χ0v) is 11.6. The lowest BCUT2D eigenvalue weighted by molar-refractivity contribution is 0.0792. The normalized spacial score (nSPS) is 10.4. The van der Waals surface area contributed by atoms with Gasteiger partial charge in [0, 0.05) is 31.5 Å². The predicted molar refractivity (Wildman–Crippen MR) is 71.9 cm³/mol. The van der Waals surface area contributed by atoms with Crippen molar-refractivity contribution in [3.05, 3.63) is 28.5 Å². The molecule has 5 heteroatoms. The molecule has 1 aromatic rings. The smallest absolute Gasteiger partial charge is 0.253 e. The van der Waals surface area contributed by atoms with Crippen LogP contribution < -0.4 is 0 Å². The maximum absolute atomic E-state index is 12.1. The van der Waals surface area contributed by atoms with Crippen LogP contribution in [0.5, 0.6) is 0 Å². The number of carbonyl (C=O) groups excluding carboxylic acids is 1. The molecule has 1 N–H and O–H groups in total. The quantitative estimate of drug-likeness (QED) is 0.637. The van der Waals surface area contributed by atoms with Gasteiger partial charge in [-0.1, -0.05) is 11.6 Å². The number of nitrogens with zero attached hydrogens (tertiary/aromatic N) is 2. The zero-order chi connectivity index (χ0) is 13.5. The lowest BCUT2D eigenvalue weighted by Crippen LogP contribution is -2.27. The van der Waals surface area contributed by atoms with E-state index in [-0.39, 0.29) is 12.5 Å². The van der Waals surface area contributed by atoms with E-state index in [0.29, 0.717) is 17.3 Å². The van der Waals surface area contributed by atoms with Crippen LogP contribution in [0.4, 0.5) is 0 Å². The van der Waals surface area contributed by atoms with Crippen LogP contribution in [-0.2, 0) is 0 Å². The van der Waals surface area contributed by atoms with Gasteiger partial charge < -0.3 is 10.0 Å². The summed E-state index contributed by atoms with van der Waals surface area (Å²) >= 11 is 5.83. The monoisotopic (exact) mass is 270 g/mol. The third-order valence-electron chi connectivity index (χ3n) is 2.67. The van der Waals surface area contributed by atoms with Gasteiger partial charge in [0.25, 0.3) is 5.91 Å². The number of hydrogen-bond acceptors (Lipinski definition) is 3. The molecule has 100 valence electrons. The van der Waals surface area contributed by atoms with Crippen molar-refractivity contribution < 1.29 is 9.90 Å². The molecule has 0 saturated carbocycles. The highest BCUT2D eigenvalue weighted by atomic mass is 35.5. The van der Waals surface area contributed by atoms with Gasteiger partial charge in [-0.15, -0.1) is 0 Å². The number of aryl methyl sites for hydroxylation is 1. The Kier molecular flexibility index (Phi) is 6.09. The fourth-order valence-electron chi connectivity index (χ4n) is 1.71. The molecule has 0 atom stereocenters. The number of hydrogen-bond donors (Lipinski definition) is 1.